The van der Waals surface area contributed by atoms with E-state index >= 15 is 0 Å². The van der Waals surface area contributed by atoms with E-state index < -0.39 is 0 Å². The molecule has 1 aliphatic rings. The first-order chi connectivity index (χ1) is 4.43. The molecule has 0 aromatic carbocycles. The Kier molecular flexibility index (Phi) is 1.81. The molecular formula is C7H6O2. The SMILES string of the molecule is C#COC1=CCC=CO1. The summed E-state index contributed by atoms with van der Waals surface area (Å²) in [7, 11) is 0. The molecule has 1 aliphatic heterocycles. The normalized spacial score (nSPS) is 15.2. The first-order valence-corrected chi connectivity index (χ1v) is 2.58. The molecular weight excluding hydrogens is 116 g/mol. The molecule has 0 unspecified atom stereocenters. The number of terminal acetylenes is 1. The van der Waals surface area contributed by atoms with Gasteiger partial charge in [-0.25, -0.2) is 0 Å². The third kappa shape index (κ3) is 1.54. The highest BCUT2D eigenvalue weighted by atomic mass is 16.7. The van der Waals surface area contributed by atoms with Crippen LogP contribution in [0.3, 0.4) is 0 Å². The number of ether oxygens (including phenoxy) is 2. The van der Waals surface area contributed by atoms with Gasteiger partial charge in [-0.15, -0.1) is 0 Å². The van der Waals surface area contributed by atoms with E-state index in [0.29, 0.717) is 5.95 Å². The zero-order valence-corrected chi connectivity index (χ0v) is 4.83. The molecule has 0 saturated carbocycles. The summed E-state index contributed by atoms with van der Waals surface area (Å²) in [5, 5.41) is 0. The molecule has 0 fully saturated rings. The van der Waals surface area contributed by atoms with Crippen molar-refractivity contribution >= 4 is 0 Å². The van der Waals surface area contributed by atoms with E-state index in [9.17, 15) is 0 Å². The minimum absolute atomic E-state index is 0.389. The van der Waals surface area contributed by atoms with Crippen molar-refractivity contribution in [2.45, 2.75) is 6.42 Å². The molecule has 0 atom stereocenters. The predicted octanol–water partition coefficient (Wildman–Crippen LogP) is 1.37. The second-order valence-corrected chi connectivity index (χ2v) is 1.47. The Morgan fingerprint density at radius 1 is 1.78 bits per heavy atom. The highest BCUT2D eigenvalue weighted by molar-refractivity contribution is 5.00. The quantitative estimate of drug-likeness (QED) is 0.489. The number of hydrogen-bond donors (Lipinski definition) is 0. The van der Waals surface area contributed by atoms with E-state index in [1.165, 1.54) is 0 Å². The van der Waals surface area contributed by atoms with E-state index in [0.717, 1.165) is 6.42 Å². The number of rotatable bonds is 1. The fourth-order valence-electron chi connectivity index (χ4n) is 0.507. The van der Waals surface area contributed by atoms with Gasteiger partial charge in [0, 0.05) is 6.08 Å². The zero-order valence-electron chi connectivity index (χ0n) is 4.83. The molecule has 0 aliphatic carbocycles. The fourth-order valence-corrected chi connectivity index (χ4v) is 0.507. The molecule has 2 nitrogen and oxygen atoms in total. The second kappa shape index (κ2) is 2.83. The fraction of sp³-hybridized carbons (Fsp3) is 0.143. The van der Waals surface area contributed by atoms with Gasteiger partial charge in [-0.05, 0) is 12.5 Å². The van der Waals surface area contributed by atoms with Gasteiger partial charge in [-0.2, -0.15) is 0 Å². The van der Waals surface area contributed by atoms with Crippen LogP contribution < -0.4 is 0 Å². The molecule has 9 heavy (non-hydrogen) atoms. The van der Waals surface area contributed by atoms with Crippen LogP contribution >= 0.6 is 0 Å². The largest absolute Gasteiger partial charge is 0.434 e. The van der Waals surface area contributed by atoms with E-state index in [1.807, 2.05) is 12.2 Å². The molecule has 46 valence electrons. The molecule has 0 saturated heterocycles. The smallest absolute Gasteiger partial charge is 0.295 e. The van der Waals surface area contributed by atoms with Crippen molar-refractivity contribution < 1.29 is 9.47 Å². The van der Waals surface area contributed by atoms with Gasteiger partial charge in [0.15, 0.2) is 0 Å². The second-order valence-electron chi connectivity index (χ2n) is 1.47. The van der Waals surface area contributed by atoms with Gasteiger partial charge in [-0.1, -0.05) is 6.42 Å². The summed E-state index contributed by atoms with van der Waals surface area (Å²) < 4.78 is 9.43. The Hall–Kier alpha value is -1.36. The highest BCUT2D eigenvalue weighted by Gasteiger charge is 1.97. The van der Waals surface area contributed by atoms with Crippen LogP contribution in [0, 0.1) is 12.5 Å². The van der Waals surface area contributed by atoms with Gasteiger partial charge in [0.05, 0.1) is 6.26 Å². The van der Waals surface area contributed by atoms with Gasteiger partial charge in [-0.3, -0.25) is 0 Å². The van der Waals surface area contributed by atoms with E-state index in [2.05, 4.69) is 4.74 Å². The molecule has 0 aromatic heterocycles. The van der Waals surface area contributed by atoms with Gasteiger partial charge in [0.25, 0.3) is 5.95 Å². The number of allylic oxidation sites excluding steroid dienone is 2. The topological polar surface area (TPSA) is 18.5 Å². The third-order valence-electron chi connectivity index (χ3n) is 0.861. The maximum absolute atomic E-state index is 4.84. The van der Waals surface area contributed by atoms with Crippen molar-refractivity contribution in [3.8, 4) is 12.5 Å². The maximum Gasteiger partial charge on any atom is 0.295 e. The summed E-state index contributed by atoms with van der Waals surface area (Å²) in [4.78, 5) is 0. The van der Waals surface area contributed by atoms with E-state index in [-0.39, 0.29) is 0 Å². The molecule has 0 aromatic rings. The summed E-state index contributed by atoms with van der Waals surface area (Å²) in [6.07, 6.45) is 12.8. The van der Waals surface area contributed by atoms with Crippen LogP contribution in [0.25, 0.3) is 0 Å². The Balaban J connectivity index is 2.43. The van der Waals surface area contributed by atoms with Crippen LogP contribution in [0.5, 0.6) is 0 Å². The molecule has 1 rings (SSSR count). The van der Waals surface area contributed by atoms with Crippen molar-refractivity contribution in [1.82, 2.24) is 0 Å². The molecule has 2 heteroatoms. The zero-order chi connectivity index (χ0) is 6.53. The van der Waals surface area contributed by atoms with Crippen molar-refractivity contribution in [3.63, 3.8) is 0 Å². The van der Waals surface area contributed by atoms with Gasteiger partial charge in [0.1, 0.15) is 6.11 Å². The van der Waals surface area contributed by atoms with Crippen molar-refractivity contribution in [3.05, 3.63) is 24.4 Å². The lowest BCUT2D eigenvalue weighted by Crippen LogP contribution is -1.90. The first kappa shape index (κ1) is 5.77. The van der Waals surface area contributed by atoms with Crippen molar-refractivity contribution in [2.24, 2.45) is 0 Å². The monoisotopic (exact) mass is 122 g/mol. The molecule has 1 heterocycles. The predicted molar refractivity (Wildman–Crippen MR) is 32.8 cm³/mol. The van der Waals surface area contributed by atoms with E-state index in [1.54, 1.807) is 12.3 Å². The lowest BCUT2D eigenvalue weighted by molar-refractivity contribution is 0.157. The lowest BCUT2D eigenvalue weighted by Gasteiger charge is -2.04. The molecule has 0 amide bonds. The molecule has 0 spiro atoms. The average molecular weight is 122 g/mol. The van der Waals surface area contributed by atoms with Crippen LogP contribution in [0.2, 0.25) is 0 Å². The Labute approximate surface area is 53.8 Å². The average Bonchev–Trinajstić information content (AvgIpc) is 1.91. The van der Waals surface area contributed by atoms with Crippen molar-refractivity contribution in [2.75, 3.05) is 0 Å². The van der Waals surface area contributed by atoms with Gasteiger partial charge >= 0.3 is 0 Å². The summed E-state index contributed by atoms with van der Waals surface area (Å²) in [5.41, 5.74) is 0. The molecule has 0 N–H and O–H groups in total. The van der Waals surface area contributed by atoms with Crippen molar-refractivity contribution in [1.29, 1.82) is 0 Å². The highest BCUT2D eigenvalue weighted by Crippen LogP contribution is 2.06. The summed E-state index contributed by atoms with van der Waals surface area (Å²) >= 11 is 0. The van der Waals surface area contributed by atoms with Gasteiger partial charge < -0.3 is 9.47 Å². The maximum atomic E-state index is 4.84. The van der Waals surface area contributed by atoms with Crippen LogP contribution in [-0.4, -0.2) is 0 Å². The molecule has 0 bridgehead atoms. The Morgan fingerprint density at radius 3 is 3.22 bits per heavy atom. The van der Waals surface area contributed by atoms with Crippen LogP contribution in [-0.2, 0) is 9.47 Å². The summed E-state index contributed by atoms with van der Waals surface area (Å²) in [6, 6.07) is 0. The van der Waals surface area contributed by atoms with E-state index in [4.69, 9.17) is 11.2 Å². The Bertz CT molecular complexity index is 184. The minimum Gasteiger partial charge on any atom is -0.434 e. The summed E-state index contributed by atoms with van der Waals surface area (Å²) in [5.74, 6) is 0.389. The minimum atomic E-state index is 0.389. The Morgan fingerprint density at radius 2 is 2.67 bits per heavy atom. The van der Waals surface area contributed by atoms with Crippen LogP contribution in [0.15, 0.2) is 24.4 Å². The lowest BCUT2D eigenvalue weighted by atomic mass is 10.4. The van der Waals surface area contributed by atoms with Crippen LogP contribution in [0.4, 0.5) is 0 Å². The van der Waals surface area contributed by atoms with Crippen LogP contribution in [0.1, 0.15) is 6.42 Å². The molecule has 0 radical (unpaired) electrons. The van der Waals surface area contributed by atoms with Gasteiger partial charge in [0.2, 0.25) is 0 Å². The standard InChI is InChI=1S/C7H6O2/c1-2-8-7-5-3-4-6-9-7/h1,4-6H,3H2. The number of hydrogen-bond acceptors (Lipinski definition) is 2. The first-order valence-electron chi connectivity index (χ1n) is 2.58. The third-order valence-corrected chi connectivity index (χ3v) is 0.861. The summed E-state index contributed by atoms with van der Waals surface area (Å²) in [6.45, 7) is 0.